The minimum atomic E-state index is -4.44. The summed E-state index contributed by atoms with van der Waals surface area (Å²) >= 11 is 0. The molecule has 0 fully saturated rings. The monoisotopic (exact) mass is 423 g/mol. The molecule has 29 heavy (non-hydrogen) atoms. The molecule has 0 aliphatic carbocycles. The van der Waals surface area contributed by atoms with Crippen molar-refractivity contribution in [2.24, 2.45) is 0 Å². The second-order valence-corrected chi connectivity index (χ2v) is 7.78. The summed E-state index contributed by atoms with van der Waals surface area (Å²) in [4.78, 5) is 0. The van der Waals surface area contributed by atoms with Crippen molar-refractivity contribution >= 4 is 10.8 Å². The SMILES string of the molecule is CCn1c(COc2cccc(C(F)(F)F)c2)nnc1S(=O)Cc1ccc(C)cc1. The molecule has 1 aromatic heterocycles. The number of alkyl halides is 3. The number of hydrogen-bond donors (Lipinski definition) is 0. The van der Waals surface area contributed by atoms with E-state index in [2.05, 4.69) is 10.2 Å². The predicted molar refractivity (Wildman–Crippen MR) is 103 cm³/mol. The summed E-state index contributed by atoms with van der Waals surface area (Å²) in [6.07, 6.45) is -4.44. The van der Waals surface area contributed by atoms with Crippen LogP contribution in [0.4, 0.5) is 13.2 Å². The highest BCUT2D eigenvalue weighted by Gasteiger charge is 2.30. The Balaban J connectivity index is 1.72. The van der Waals surface area contributed by atoms with E-state index in [0.29, 0.717) is 23.3 Å². The molecule has 1 heterocycles. The number of hydrogen-bond acceptors (Lipinski definition) is 4. The minimum Gasteiger partial charge on any atom is -0.486 e. The van der Waals surface area contributed by atoms with Crippen LogP contribution in [0.5, 0.6) is 5.75 Å². The number of rotatable bonds is 7. The molecule has 0 amide bonds. The Morgan fingerprint density at radius 2 is 1.83 bits per heavy atom. The van der Waals surface area contributed by atoms with Crippen LogP contribution in [0.25, 0.3) is 0 Å². The van der Waals surface area contributed by atoms with Gasteiger partial charge in [0.25, 0.3) is 0 Å². The number of halogens is 3. The summed E-state index contributed by atoms with van der Waals surface area (Å²) in [5.41, 5.74) is 1.25. The van der Waals surface area contributed by atoms with Crippen LogP contribution in [0, 0.1) is 6.92 Å². The Kier molecular flexibility index (Phi) is 6.36. The lowest BCUT2D eigenvalue weighted by atomic mass is 10.2. The molecular formula is C20H20F3N3O2S. The van der Waals surface area contributed by atoms with Crippen molar-refractivity contribution in [1.82, 2.24) is 14.8 Å². The standard InChI is InChI=1S/C20H20F3N3O2S/c1-3-26-18(12-28-17-6-4-5-16(11-17)20(21,22)23)24-25-19(26)29(27)13-15-9-7-14(2)8-10-15/h4-11H,3,12-13H2,1-2H3. The van der Waals surface area contributed by atoms with Gasteiger partial charge in [-0.15, -0.1) is 10.2 Å². The van der Waals surface area contributed by atoms with Crippen LogP contribution in [0.15, 0.2) is 53.7 Å². The molecule has 0 aliphatic rings. The van der Waals surface area contributed by atoms with Gasteiger partial charge in [-0.3, -0.25) is 4.21 Å². The topological polar surface area (TPSA) is 57.0 Å². The quantitative estimate of drug-likeness (QED) is 0.561. The lowest BCUT2D eigenvalue weighted by Crippen LogP contribution is -2.11. The van der Waals surface area contributed by atoms with E-state index in [1.165, 1.54) is 12.1 Å². The molecule has 0 saturated heterocycles. The maximum atomic E-state index is 12.8. The van der Waals surface area contributed by atoms with Crippen molar-refractivity contribution in [2.45, 2.75) is 44.1 Å². The molecule has 0 bridgehead atoms. The highest BCUT2D eigenvalue weighted by Crippen LogP contribution is 2.31. The van der Waals surface area contributed by atoms with Gasteiger partial charge in [0.05, 0.1) is 22.1 Å². The lowest BCUT2D eigenvalue weighted by molar-refractivity contribution is -0.137. The molecule has 1 atom stereocenters. The molecule has 0 saturated carbocycles. The molecule has 3 rings (SSSR count). The largest absolute Gasteiger partial charge is 0.486 e. The van der Waals surface area contributed by atoms with Crippen LogP contribution in [-0.2, 0) is 35.9 Å². The van der Waals surface area contributed by atoms with Gasteiger partial charge < -0.3 is 9.30 Å². The van der Waals surface area contributed by atoms with Crippen LogP contribution >= 0.6 is 0 Å². The van der Waals surface area contributed by atoms with Gasteiger partial charge in [0, 0.05) is 6.54 Å². The van der Waals surface area contributed by atoms with E-state index in [1.54, 1.807) is 4.57 Å². The Morgan fingerprint density at radius 3 is 2.48 bits per heavy atom. The molecule has 0 N–H and O–H groups in total. The van der Waals surface area contributed by atoms with Crippen molar-refractivity contribution in [3.63, 3.8) is 0 Å². The molecule has 2 aromatic carbocycles. The normalized spacial score (nSPS) is 12.7. The second kappa shape index (κ2) is 8.77. The maximum absolute atomic E-state index is 12.8. The summed E-state index contributed by atoms with van der Waals surface area (Å²) in [5, 5.41) is 8.36. The van der Waals surface area contributed by atoms with Gasteiger partial charge >= 0.3 is 6.18 Å². The first-order valence-corrected chi connectivity index (χ1v) is 10.3. The number of benzene rings is 2. The number of ether oxygens (including phenoxy) is 1. The lowest BCUT2D eigenvalue weighted by Gasteiger charge is -2.11. The first-order chi connectivity index (χ1) is 13.8. The highest BCUT2D eigenvalue weighted by atomic mass is 32.2. The summed E-state index contributed by atoms with van der Waals surface area (Å²) < 4.78 is 58.4. The van der Waals surface area contributed by atoms with Gasteiger partial charge in [-0.1, -0.05) is 35.9 Å². The van der Waals surface area contributed by atoms with Crippen molar-refractivity contribution in [1.29, 1.82) is 0 Å². The van der Waals surface area contributed by atoms with Crippen LogP contribution in [0.2, 0.25) is 0 Å². The third kappa shape index (κ3) is 5.23. The number of aromatic nitrogens is 3. The first kappa shape index (κ1) is 21.0. The minimum absolute atomic E-state index is 0.0767. The van der Waals surface area contributed by atoms with E-state index in [4.69, 9.17) is 4.74 Å². The molecule has 5 nitrogen and oxygen atoms in total. The zero-order valence-corrected chi connectivity index (χ0v) is 16.8. The zero-order chi connectivity index (χ0) is 21.0. The molecule has 9 heteroatoms. The second-order valence-electron chi connectivity index (χ2n) is 6.43. The molecule has 0 aliphatic heterocycles. The van der Waals surface area contributed by atoms with Crippen molar-refractivity contribution in [3.8, 4) is 5.75 Å². The van der Waals surface area contributed by atoms with Gasteiger partial charge in [0.1, 0.15) is 12.4 Å². The predicted octanol–water partition coefficient (Wildman–Crippen LogP) is 4.51. The van der Waals surface area contributed by atoms with E-state index >= 15 is 0 Å². The van der Waals surface area contributed by atoms with Crippen LogP contribution in [0.1, 0.15) is 29.4 Å². The molecular weight excluding hydrogens is 403 g/mol. The summed E-state index contributed by atoms with van der Waals surface area (Å²) in [6, 6.07) is 12.4. The average molecular weight is 423 g/mol. The van der Waals surface area contributed by atoms with Crippen LogP contribution in [0.3, 0.4) is 0 Å². The summed E-state index contributed by atoms with van der Waals surface area (Å²) in [6.45, 7) is 4.21. The fraction of sp³-hybridized carbons (Fsp3) is 0.300. The van der Waals surface area contributed by atoms with E-state index in [0.717, 1.165) is 23.3 Å². The van der Waals surface area contributed by atoms with Crippen LogP contribution < -0.4 is 4.74 Å². The zero-order valence-electron chi connectivity index (χ0n) is 15.9. The van der Waals surface area contributed by atoms with Gasteiger partial charge in [0.15, 0.2) is 5.82 Å². The molecule has 3 aromatic rings. The Labute approximate surface area is 169 Å². The van der Waals surface area contributed by atoms with Gasteiger partial charge in [0.2, 0.25) is 5.16 Å². The fourth-order valence-corrected chi connectivity index (χ4v) is 3.96. The third-order valence-corrected chi connectivity index (χ3v) is 5.57. The first-order valence-electron chi connectivity index (χ1n) is 8.94. The molecule has 1 unspecified atom stereocenters. The molecule has 154 valence electrons. The van der Waals surface area contributed by atoms with E-state index in [1.807, 2.05) is 38.1 Å². The Hall–Kier alpha value is -2.68. The van der Waals surface area contributed by atoms with E-state index in [9.17, 15) is 17.4 Å². The van der Waals surface area contributed by atoms with E-state index < -0.39 is 22.5 Å². The molecule has 0 spiro atoms. The van der Waals surface area contributed by atoms with Crippen molar-refractivity contribution in [3.05, 3.63) is 71.0 Å². The van der Waals surface area contributed by atoms with Crippen molar-refractivity contribution < 1.29 is 22.1 Å². The Bertz CT molecular complexity index is 1000. The number of aryl methyl sites for hydroxylation is 1. The van der Waals surface area contributed by atoms with Crippen molar-refractivity contribution in [2.75, 3.05) is 0 Å². The summed E-state index contributed by atoms with van der Waals surface area (Å²) in [5.74, 6) is 0.775. The maximum Gasteiger partial charge on any atom is 0.416 e. The van der Waals surface area contributed by atoms with Crippen LogP contribution in [-0.4, -0.2) is 19.0 Å². The van der Waals surface area contributed by atoms with Gasteiger partial charge in [-0.25, -0.2) is 0 Å². The average Bonchev–Trinajstić information content (AvgIpc) is 3.11. The molecule has 0 radical (unpaired) electrons. The third-order valence-electron chi connectivity index (χ3n) is 4.26. The summed E-state index contributed by atoms with van der Waals surface area (Å²) in [7, 11) is -1.41. The van der Waals surface area contributed by atoms with Gasteiger partial charge in [-0.05, 0) is 37.6 Å². The van der Waals surface area contributed by atoms with E-state index in [-0.39, 0.29) is 12.4 Å². The number of nitrogens with zero attached hydrogens (tertiary/aromatic N) is 3. The highest BCUT2D eigenvalue weighted by molar-refractivity contribution is 7.84. The fourth-order valence-electron chi connectivity index (χ4n) is 2.72. The van der Waals surface area contributed by atoms with Gasteiger partial charge in [-0.2, -0.15) is 13.2 Å². The smallest absolute Gasteiger partial charge is 0.416 e. The Morgan fingerprint density at radius 1 is 1.10 bits per heavy atom.